The highest BCUT2D eigenvalue weighted by Crippen LogP contribution is 2.25. The molecule has 2 rings (SSSR count). The molecule has 6 heteroatoms. The van der Waals surface area contributed by atoms with Crippen LogP contribution in [0, 0.1) is 0 Å². The van der Waals surface area contributed by atoms with Crippen molar-refractivity contribution in [2.45, 2.75) is 13.0 Å². The molecular formula is C13H13BrN2O3. The molecule has 0 saturated carbocycles. The summed E-state index contributed by atoms with van der Waals surface area (Å²) >= 11 is 2.96. The molecule has 1 aromatic heterocycles. The Balaban J connectivity index is 2.48. The van der Waals surface area contributed by atoms with E-state index in [2.05, 4.69) is 25.9 Å². The van der Waals surface area contributed by atoms with Crippen molar-refractivity contribution in [2.24, 2.45) is 0 Å². The molecule has 0 bridgehead atoms. The number of halogens is 1. The van der Waals surface area contributed by atoms with E-state index in [1.165, 1.54) is 0 Å². The quantitative estimate of drug-likeness (QED) is 0.905. The lowest BCUT2D eigenvalue weighted by Crippen LogP contribution is -2.17. The van der Waals surface area contributed by atoms with E-state index in [0.29, 0.717) is 6.61 Å². The first kappa shape index (κ1) is 13.8. The number of nitrogens with zero attached hydrogens (tertiary/aromatic N) is 1. The third-order valence-electron chi connectivity index (χ3n) is 2.55. The van der Waals surface area contributed by atoms with Crippen LogP contribution in [0.1, 0.15) is 24.4 Å². The summed E-state index contributed by atoms with van der Waals surface area (Å²) in [6.07, 6.45) is -0.516. The van der Waals surface area contributed by atoms with E-state index in [4.69, 9.17) is 4.74 Å². The van der Waals surface area contributed by atoms with Crippen LogP contribution in [0.15, 0.2) is 39.6 Å². The summed E-state index contributed by atoms with van der Waals surface area (Å²) in [4.78, 5) is 18.2. The summed E-state index contributed by atoms with van der Waals surface area (Å²) in [5.74, 6) is -0.0712. The van der Waals surface area contributed by atoms with Gasteiger partial charge in [-0.2, -0.15) is 4.98 Å². The molecule has 1 aromatic carbocycles. The summed E-state index contributed by atoms with van der Waals surface area (Å²) in [5.41, 5.74) is 0.414. The second kappa shape index (κ2) is 5.99. The molecule has 0 aliphatic carbocycles. The van der Waals surface area contributed by atoms with Crippen molar-refractivity contribution in [3.8, 4) is 5.88 Å². The molecule has 0 amide bonds. The van der Waals surface area contributed by atoms with Crippen molar-refractivity contribution in [3.05, 3.63) is 56.5 Å². The average Bonchev–Trinajstić information content (AvgIpc) is 2.42. The molecule has 0 saturated heterocycles. The van der Waals surface area contributed by atoms with Crippen molar-refractivity contribution in [1.82, 2.24) is 9.97 Å². The van der Waals surface area contributed by atoms with Crippen LogP contribution in [0.3, 0.4) is 0 Å². The van der Waals surface area contributed by atoms with Crippen LogP contribution in [0.4, 0.5) is 0 Å². The number of aromatic nitrogens is 2. The fourth-order valence-electron chi connectivity index (χ4n) is 1.72. The number of nitrogens with one attached hydrogen (secondary N) is 1. The molecule has 2 aromatic rings. The van der Waals surface area contributed by atoms with Crippen molar-refractivity contribution in [3.63, 3.8) is 0 Å². The number of aromatic hydroxyl groups is 1. The van der Waals surface area contributed by atoms with Gasteiger partial charge < -0.3 is 14.8 Å². The molecule has 0 aliphatic rings. The molecule has 0 spiro atoms. The van der Waals surface area contributed by atoms with E-state index in [1.807, 2.05) is 37.3 Å². The highest BCUT2D eigenvalue weighted by atomic mass is 79.9. The van der Waals surface area contributed by atoms with Gasteiger partial charge in [0.15, 0.2) is 0 Å². The Labute approximate surface area is 118 Å². The first-order valence-corrected chi connectivity index (χ1v) is 6.58. The zero-order valence-electron chi connectivity index (χ0n) is 10.3. The van der Waals surface area contributed by atoms with E-state index in [9.17, 15) is 9.90 Å². The van der Waals surface area contributed by atoms with Crippen LogP contribution in [-0.2, 0) is 4.74 Å². The summed E-state index contributed by atoms with van der Waals surface area (Å²) in [7, 11) is 0. The van der Waals surface area contributed by atoms with E-state index in [-0.39, 0.29) is 16.2 Å². The Hall–Kier alpha value is -1.66. The van der Waals surface area contributed by atoms with Crippen LogP contribution < -0.4 is 5.56 Å². The van der Waals surface area contributed by atoms with Gasteiger partial charge in [0, 0.05) is 6.61 Å². The molecule has 0 fully saturated rings. The van der Waals surface area contributed by atoms with Gasteiger partial charge in [0.25, 0.3) is 5.56 Å². The molecule has 19 heavy (non-hydrogen) atoms. The van der Waals surface area contributed by atoms with Crippen LogP contribution in [-0.4, -0.2) is 21.7 Å². The summed E-state index contributed by atoms with van der Waals surface area (Å²) in [6, 6.07) is 9.39. The SMILES string of the molecule is CCOC(c1ccccc1)c1nc(O)c(Br)c(=O)[nH]1. The maximum atomic E-state index is 11.6. The molecule has 1 heterocycles. The van der Waals surface area contributed by atoms with E-state index in [1.54, 1.807) is 0 Å². The smallest absolute Gasteiger partial charge is 0.269 e. The fourth-order valence-corrected chi connectivity index (χ4v) is 1.90. The van der Waals surface area contributed by atoms with Gasteiger partial charge in [-0.05, 0) is 28.4 Å². The van der Waals surface area contributed by atoms with Crippen LogP contribution >= 0.6 is 15.9 Å². The van der Waals surface area contributed by atoms with Gasteiger partial charge in [0.05, 0.1) is 0 Å². The zero-order valence-corrected chi connectivity index (χ0v) is 11.8. The van der Waals surface area contributed by atoms with E-state index in [0.717, 1.165) is 5.56 Å². The topological polar surface area (TPSA) is 75.2 Å². The summed E-state index contributed by atoms with van der Waals surface area (Å²) < 4.78 is 5.62. The van der Waals surface area contributed by atoms with Gasteiger partial charge in [-0.25, -0.2) is 0 Å². The van der Waals surface area contributed by atoms with Crippen molar-refractivity contribution in [1.29, 1.82) is 0 Å². The lowest BCUT2D eigenvalue weighted by atomic mass is 10.1. The van der Waals surface area contributed by atoms with Crippen molar-refractivity contribution >= 4 is 15.9 Å². The minimum Gasteiger partial charge on any atom is -0.492 e. The van der Waals surface area contributed by atoms with Crippen molar-refractivity contribution in [2.75, 3.05) is 6.61 Å². The Morgan fingerprint density at radius 1 is 1.42 bits per heavy atom. The maximum absolute atomic E-state index is 11.6. The molecule has 1 atom stereocenters. The van der Waals surface area contributed by atoms with E-state index < -0.39 is 11.7 Å². The Morgan fingerprint density at radius 2 is 2.11 bits per heavy atom. The Kier molecular flexibility index (Phi) is 4.34. The number of rotatable bonds is 4. The standard InChI is InChI=1S/C13H13BrN2O3/c1-2-19-10(8-6-4-3-5-7-8)11-15-12(17)9(14)13(18)16-11/h3-7,10H,2H2,1H3,(H2,15,16,17,18). The lowest BCUT2D eigenvalue weighted by molar-refractivity contribution is 0.0843. The Morgan fingerprint density at radius 3 is 2.68 bits per heavy atom. The maximum Gasteiger partial charge on any atom is 0.269 e. The minimum atomic E-state index is -0.516. The molecule has 5 nitrogen and oxygen atoms in total. The average molecular weight is 325 g/mol. The van der Waals surface area contributed by atoms with Gasteiger partial charge in [0.2, 0.25) is 5.88 Å². The largest absolute Gasteiger partial charge is 0.492 e. The van der Waals surface area contributed by atoms with Gasteiger partial charge in [0.1, 0.15) is 16.4 Å². The highest BCUT2D eigenvalue weighted by molar-refractivity contribution is 9.10. The molecule has 100 valence electrons. The number of hydrogen-bond donors (Lipinski definition) is 2. The fraction of sp³-hybridized carbons (Fsp3) is 0.231. The molecule has 1 unspecified atom stereocenters. The number of ether oxygens (including phenoxy) is 1. The van der Waals surface area contributed by atoms with Crippen LogP contribution in [0.5, 0.6) is 5.88 Å². The van der Waals surface area contributed by atoms with Gasteiger partial charge in [-0.15, -0.1) is 0 Å². The Bertz CT molecular complexity index is 613. The normalized spacial score (nSPS) is 12.3. The van der Waals surface area contributed by atoms with Gasteiger partial charge in [-0.1, -0.05) is 30.3 Å². The summed E-state index contributed by atoms with van der Waals surface area (Å²) in [5, 5.41) is 9.61. The number of hydrogen-bond acceptors (Lipinski definition) is 4. The number of benzene rings is 1. The zero-order chi connectivity index (χ0) is 13.8. The predicted molar refractivity (Wildman–Crippen MR) is 74.1 cm³/mol. The lowest BCUT2D eigenvalue weighted by Gasteiger charge is -2.16. The minimum absolute atomic E-state index is 0.0135. The van der Waals surface area contributed by atoms with Crippen molar-refractivity contribution < 1.29 is 9.84 Å². The van der Waals surface area contributed by atoms with E-state index >= 15 is 0 Å². The molecule has 0 radical (unpaired) electrons. The molecule has 2 N–H and O–H groups in total. The first-order valence-electron chi connectivity index (χ1n) is 5.78. The third-order valence-corrected chi connectivity index (χ3v) is 3.26. The molecular weight excluding hydrogens is 312 g/mol. The second-order valence-corrected chi connectivity index (χ2v) is 4.63. The number of aromatic amines is 1. The third kappa shape index (κ3) is 3.02. The highest BCUT2D eigenvalue weighted by Gasteiger charge is 2.19. The van der Waals surface area contributed by atoms with Crippen LogP contribution in [0.2, 0.25) is 0 Å². The van der Waals surface area contributed by atoms with Crippen LogP contribution in [0.25, 0.3) is 0 Å². The van der Waals surface area contributed by atoms with Gasteiger partial charge in [-0.3, -0.25) is 4.79 Å². The van der Waals surface area contributed by atoms with Gasteiger partial charge >= 0.3 is 0 Å². The number of H-pyrrole nitrogens is 1. The molecule has 0 aliphatic heterocycles. The second-order valence-electron chi connectivity index (χ2n) is 3.83. The monoisotopic (exact) mass is 324 g/mol. The summed E-state index contributed by atoms with van der Waals surface area (Å²) in [6.45, 7) is 2.31. The first-order chi connectivity index (χ1) is 9.13. The predicted octanol–water partition coefficient (Wildman–Crippen LogP) is 2.36.